The van der Waals surface area contributed by atoms with Gasteiger partial charge in [-0.25, -0.2) is 4.98 Å². The molecule has 1 amide bonds. The molecule has 1 aromatic heterocycles. The molecular formula is C15H18N2O2S2. The molecule has 0 aliphatic carbocycles. The fourth-order valence-corrected chi connectivity index (χ4v) is 2.86. The van der Waals surface area contributed by atoms with E-state index in [0.29, 0.717) is 12.3 Å². The normalized spacial score (nSPS) is 12.0. The van der Waals surface area contributed by atoms with E-state index in [-0.39, 0.29) is 5.91 Å². The lowest BCUT2D eigenvalue weighted by Crippen LogP contribution is -2.35. The van der Waals surface area contributed by atoms with Gasteiger partial charge in [0.25, 0.3) is 5.91 Å². The Balaban J connectivity index is 1.83. The number of thioether (sulfide) groups is 1. The van der Waals surface area contributed by atoms with Crippen molar-refractivity contribution in [1.82, 2.24) is 10.3 Å². The van der Waals surface area contributed by atoms with Crippen LogP contribution in [0, 0.1) is 6.92 Å². The number of rotatable bonds is 6. The smallest absolute Gasteiger partial charge is 0.261 e. The zero-order valence-electron chi connectivity index (χ0n) is 12.3. The molecule has 0 bridgehead atoms. The number of benzene rings is 1. The van der Waals surface area contributed by atoms with Gasteiger partial charge in [-0.05, 0) is 44.4 Å². The van der Waals surface area contributed by atoms with Crippen LogP contribution < -0.4 is 10.1 Å². The maximum atomic E-state index is 12.0. The van der Waals surface area contributed by atoms with E-state index in [0.717, 1.165) is 9.88 Å². The van der Waals surface area contributed by atoms with Crippen molar-refractivity contribution in [2.24, 2.45) is 0 Å². The second-order valence-electron chi connectivity index (χ2n) is 4.50. The highest BCUT2D eigenvalue weighted by molar-refractivity contribution is 7.98. The van der Waals surface area contributed by atoms with Gasteiger partial charge in [-0.2, -0.15) is 0 Å². The predicted octanol–water partition coefficient (Wildman–Crippen LogP) is 3.26. The number of thiazole rings is 1. The van der Waals surface area contributed by atoms with Crippen molar-refractivity contribution >= 4 is 29.0 Å². The number of amides is 1. The number of aryl methyl sites for hydroxylation is 1. The number of carbonyl (C=O) groups excluding carboxylic acids is 1. The first-order chi connectivity index (χ1) is 10.1. The Morgan fingerprint density at radius 3 is 2.71 bits per heavy atom. The molecule has 2 rings (SSSR count). The van der Waals surface area contributed by atoms with Crippen LogP contribution in [-0.4, -0.2) is 23.3 Å². The van der Waals surface area contributed by atoms with Gasteiger partial charge in [0.2, 0.25) is 0 Å². The number of carbonyl (C=O) groups is 1. The van der Waals surface area contributed by atoms with Crippen molar-refractivity contribution in [3.63, 3.8) is 0 Å². The summed E-state index contributed by atoms with van der Waals surface area (Å²) in [5.74, 6) is 0.569. The molecule has 0 radical (unpaired) electrons. The molecule has 1 atom stereocenters. The van der Waals surface area contributed by atoms with Crippen molar-refractivity contribution in [3.8, 4) is 5.75 Å². The summed E-state index contributed by atoms with van der Waals surface area (Å²) in [5, 5.41) is 3.85. The van der Waals surface area contributed by atoms with E-state index in [1.807, 2.05) is 37.4 Å². The van der Waals surface area contributed by atoms with E-state index < -0.39 is 6.10 Å². The van der Waals surface area contributed by atoms with Gasteiger partial charge < -0.3 is 10.1 Å². The molecule has 21 heavy (non-hydrogen) atoms. The zero-order valence-corrected chi connectivity index (χ0v) is 13.9. The lowest BCUT2D eigenvalue weighted by molar-refractivity contribution is -0.127. The molecule has 112 valence electrons. The maximum Gasteiger partial charge on any atom is 0.261 e. The molecular weight excluding hydrogens is 304 g/mol. The van der Waals surface area contributed by atoms with Crippen LogP contribution in [-0.2, 0) is 11.3 Å². The quantitative estimate of drug-likeness (QED) is 0.830. The molecule has 0 saturated carbocycles. The Morgan fingerprint density at radius 2 is 2.14 bits per heavy atom. The molecule has 1 aromatic carbocycles. The molecule has 0 fully saturated rings. The monoisotopic (exact) mass is 322 g/mol. The van der Waals surface area contributed by atoms with E-state index in [9.17, 15) is 4.79 Å². The molecule has 0 aliphatic rings. The fraction of sp³-hybridized carbons (Fsp3) is 0.333. The maximum absolute atomic E-state index is 12.0. The summed E-state index contributed by atoms with van der Waals surface area (Å²) in [6, 6.07) is 7.71. The number of aromatic nitrogens is 1. The second-order valence-corrected chi connectivity index (χ2v) is 6.70. The van der Waals surface area contributed by atoms with Crippen LogP contribution in [0.2, 0.25) is 0 Å². The largest absolute Gasteiger partial charge is 0.481 e. The van der Waals surface area contributed by atoms with E-state index >= 15 is 0 Å². The minimum Gasteiger partial charge on any atom is -0.481 e. The first kappa shape index (κ1) is 15.9. The third-order valence-corrected chi connectivity index (χ3v) is 4.50. The molecule has 1 heterocycles. The molecule has 0 aliphatic heterocycles. The van der Waals surface area contributed by atoms with Gasteiger partial charge in [-0.3, -0.25) is 4.79 Å². The lowest BCUT2D eigenvalue weighted by atomic mass is 10.3. The highest BCUT2D eigenvalue weighted by atomic mass is 32.2. The van der Waals surface area contributed by atoms with Gasteiger partial charge >= 0.3 is 0 Å². The van der Waals surface area contributed by atoms with Crippen molar-refractivity contribution in [3.05, 3.63) is 40.3 Å². The van der Waals surface area contributed by atoms with Crippen molar-refractivity contribution in [1.29, 1.82) is 0 Å². The summed E-state index contributed by atoms with van der Waals surface area (Å²) in [6.07, 6.45) is 3.28. The fourth-order valence-electron chi connectivity index (χ4n) is 1.72. The number of hydrogen-bond donors (Lipinski definition) is 1. The highest BCUT2D eigenvalue weighted by Gasteiger charge is 2.14. The average molecular weight is 322 g/mol. The van der Waals surface area contributed by atoms with Crippen molar-refractivity contribution in [2.75, 3.05) is 6.26 Å². The summed E-state index contributed by atoms with van der Waals surface area (Å²) < 4.78 is 5.64. The molecule has 4 nitrogen and oxygen atoms in total. The summed E-state index contributed by atoms with van der Waals surface area (Å²) in [7, 11) is 0. The van der Waals surface area contributed by atoms with Crippen molar-refractivity contribution < 1.29 is 9.53 Å². The van der Waals surface area contributed by atoms with Gasteiger partial charge in [0, 0.05) is 16.0 Å². The number of ether oxygens (including phenoxy) is 1. The Labute approximate surface area is 132 Å². The minimum absolute atomic E-state index is 0.130. The minimum atomic E-state index is -0.529. The molecule has 2 aromatic rings. The Hall–Kier alpha value is -1.53. The van der Waals surface area contributed by atoms with Crippen molar-refractivity contribution in [2.45, 2.75) is 31.4 Å². The SMILES string of the molecule is CSc1ccc(OC(C)C(=O)NCc2cnc(C)s2)cc1. The van der Waals surface area contributed by atoms with Gasteiger partial charge in [0.1, 0.15) is 5.75 Å². The topological polar surface area (TPSA) is 51.2 Å². The summed E-state index contributed by atoms with van der Waals surface area (Å²) >= 11 is 3.25. The van der Waals surface area contributed by atoms with Crippen LogP contribution in [0.1, 0.15) is 16.8 Å². The summed E-state index contributed by atoms with van der Waals surface area (Å²) in [4.78, 5) is 18.4. The van der Waals surface area contributed by atoms with Crippen LogP contribution >= 0.6 is 23.1 Å². The Morgan fingerprint density at radius 1 is 1.43 bits per heavy atom. The third-order valence-electron chi connectivity index (χ3n) is 2.85. The third kappa shape index (κ3) is 4.75. The zero-order chi connectivity index (χ0) is 15.2. The predicted molar refractivity (Wildman–Crippen MR) is 87.0 cm³/mol. The number of nitrogens with one attached hydrogen (secondary N) is 1. The van der Waals surface area contributed by atoms with Crippen LogP contribution in [0.15, 0.2) is 35.4 Å². The van der Waals surface area contributed by atoms with Gasteiger partial charge in [0.15, 0.2) is 6.10 Å². The summed E-state index contributed by atoms with van der Waals surface area (Å²) in [5.41, 5.74) is 0. The van der Waals surface area contributed by atoms with Crippen LogP contribution in [0.3, 0.4) is 0 Å². The van der Waals surface area contributed by atoms with E-state index in [2.05, 4.69) is 10.3 Å². The van der Waals surface area contributed by atoms with E-state index in [1.165, 1.54) is 4.90 Å². The van der Waals surface area contributed by atoms with Gasteiger partial charge in [-0.1, -0.05) is 0 Å². The molecule has 1 N–H and O–H groups in total. The molecule has 0 saturated heterocycles. The lowest BCUT2D eigenvalue weighted by Gasteiger charge is -2.14. The molecule has 1 unspecified atom stereocenters. The Kier molecular flexibility index (Phi) is 5.64. The average Bonchev–Trinajstić information content (AvgIpc) is 2.91. The van der Waals surface area contributed by atoms with E-state index in [4.69, 9.17) is 4.74 Å². The van der Waals surface area contributed by atoms with Gasteiger partial charge in [0.05, 0.1) is 11.6 Å². The number of hydrogen-bond acceptors (Lipinski definition) is 5. The molecule has 0 spiro atoms. The first-order valence-corrected chi connectivity index (χ1v) is 8.62. The van der Waals surface area contributed by atoms with Crippen LogP contribution in [0.4, 0.5) is 0 Å². The second kappa shape index (κ2) is 7.47. The van der Waals surface area contributed by atoms with E-state index in [1.54, 1.807) is 36.2 Å². The number of nitrogens with zero attached hydrogens (tertiary/aromatic N) is 1. The van der Waals surface area contributed by atoms with Gasteiger partial charge in [-0.15, -0.1) is 23.1 Å². The molecule has 6 heteroatoms. The van der Waals surface area contributed by atoms with Crippen LogP contribution in [0.5, 0.6) is 5.75 Å². The standard InChI is InChI=1S/C15H18N2O2S2/c1-10(19-12-4-6-13(20-3)7-5-12)15(18)17-9-14-8-16-11(2)21-14/h4-8,10H,9H2,1-3H3,(H,17,18). The van der Waals surface area contributed by atoms with Crippen LogP contribution in [0.25, 0.3) is 0 Å². The Bertz CT molecular complexity index is 596. The highest BCUT2D eigenvalue weighted by Crippen LogP contribution is 2.19. The first-order valence-electron chi connectivity index (χ1n) is 6.58. The summed E-state index contributed by atoms with van der Waals surface area (Å²) in [6.45, 7) is 4.18.